The van der Waals surface area contributed by atoms with Crippen molar-refractivity contribution in [1.82, 2.24) is 14.9 Å². The summed E-state index contributed by atoms with van der Waals surface area (Å²) in [4.78, 5) is 30.7. The Morgan fingerprint density at radius 3 is 2.55 bits per heavy atom. The average Bonchev–Trinajstić information content (AvgIpc) is 3.16. The molecule has 1 atom stereocenters. The van der Waals surface area contributed by atoms with Crippen LogP contribution in [0.4, 0.5) is 18.0 Å². The van der Waals surface area contributed by atoms with Gasteiger partial charge in [0.1, 0.15) is 6.61 Å². The minimum Gasteiger partial charge on any atom is -0.475 e. The highest BCUT2D eigenvalue weighted by Gasteiger charge is 2.38. The van der Waals surface area contributed by atoms with Crippen molar-refractivity contribution < 1.29 is 32.6 Å². The summed E-state index contributed by atoms with van der Waals surface area (Å²) in [7, 11) is 0. The zero-order chi connectivity index (χ0) is 21.4. The van der Waals surface area contributed by atoms with Gasteiger partial charge in [-0.2, -0.15) is 13.2 Å². The maximum absolute atomic E-state index is 12.5. The fraction of sp³-hybridized carbons (Fsp3) is 0.421. The number of fused-ring (bicyclic) bond motifs is 1. The van der Waals surface area contributed by atoms with Crippen molar-refractivity contribution in [3.8, 4) is 0 Å². The van der Waals surface area contributed by atoms with Gasteiger partial charge in [0, 0.05) is 18.7 Å². The Hall–Kier alpha value is -3.04. The summed E-state index contributed by atoms with van der Waals surface area (Å²) in [6.45, 7) is 3.10. The highest BCUT2D eigenvalue weighted by molar-refractivity contribution is 5.73. The number of nitrogens with one attached hydrogen (secondary N) is 1. The van der Waals surface area contributed by atoms with Crippen LogP contribution >= 0.6 is 0 Å². The van der Waals surface area contributed by atoms with Gasteiger partial charge in [-0.3, -0.25) is 4.90 Å². The number of hydrogen-bond donors (Lipinski definition) is 2. The van der Waals surface area contributed by atoms with Crippen LogP contribution < -0.4 is 0 Å². The molecule has 3 rings (SSSR count). The Kier molecular flexibility index (Phi) is 7.63. The minimum atomic E-state index is -5.08. The summed E-state index contributed by atoms with van der Waals surface area (Å²) in [6, 6.07) is 9.77. The van der Waals surface area contributed by atoms with Crippen LogP contribution in [-0.4, -0.2) is 44.8 Å². The summed E-state index contributed by atoms with van der Waals surface area (Å²) in [6.07, 6.45) is -0.921. The second-order valence-electron chi connectivity index (χ2n) is 6.36. The number of rotatable bonds is 4. The van der Waals surface area contributed by atoms with E-state index in [1.54, 1.807) is 6.33 Å². The third-order valence-corrected chi connectivity index (χ3v) is 4.29. The van der Waals surface area contributed by atoms with E-state index in [4.69, 9.17) is 14.6 Å². The Labute approximate surface area is 165 Å². The van der Waals surface area contributed by atoms with Crippen LogP contribution in [0, 0.1) is 0 Å². The highest BCUT2D eigenvalue weighted by atomic mass is 19.4. The zero-order valence-electron chi connectivity index (χ0n) is 15.8. The Balaban J connectivity index is 0.000000370. The van der Waals surface area contributed by atoms with E-state index in [0.717, 1.165) is 36.2 Å². The largest absolute Gasteiger partial charge is 0.490 e. The van der Waals surface area contributed by atoms with Crippen molar-refractivity contribution in [2.24, 2.45) is 0 Å². The lowest BCUT2D eigenvalue weighted by Gasteiger charge is -2.34. The number of aliphatic carboxylic acids is 1. The lowest BCUT2D eigenvalue weighted by Crippen LogP contribution is -2.40. The van der Waals surface area contributed by atoms with E-state index in [2.05, 4.69) is 16.9 Å². The van der Waals surface area contributed by atoms with Crippen molar-refractivity contribution in [2.75, 3.05) is 6.54 Å². The van der Waals surface area contributed by atoms with Gasteiger partial charge in [0.25, 0.3) is 0 Å². The number of amides is 1. The normalized spacial score (nSPS) is 15.7. The van der Waals surface area contributed by atoms with E-state index in [1.807, 2.05) is 35.2 Å². The maximum Gasteiger partial charge on any atom is 0.490 e. The first-order chi connectivity index (χ1) is 13.7. The van der Waals surface area contributed by atoms with Gasteiger partial charge < -0.3 is 14.8 Å². The number of carboxylic acid groups (broad SMARTS) is 1. The van der Waals surface area contributed by atoms with E-state index in [0.29, 0.717) is 13.2 Å². The van der Waals surface area contributed by atoms with Gasteiger partial charge >= 0.3 is 18.2 Å². The van der Waals surface area contributed by atoms with Crippen LogP contribution in [0.2, 0.25) is 0 Å². The molecule has 0 spiro atoms. The number of imidazole rings is 1. The lowest BCUT2D eigenvalue weighted by molar-refractivity contribution is -0.192. The van der Waals surface area contributed by atoms with Gasteiger partial charge in [-0.05, 0) is 12.0 Å². The highest BCUT2D eigenvalue weighted by Crippen LogP contribution is 2.31. The molecule has 0 radical (unpaired) electrons. The van der Waals surface area contributed by atoms with Crippen molar-refractivity contribution in [3.63, 3.8) is 0 Å². The topological polar surface area (TPSA) is 95.5 Å². The van der Waals surface area contributed by atoms with Crippen LogP contribution in [0.15, 0.2) is 36.7 Å². The number of benzene rings is 1. The molecule has 1 aliphatic heterocycles. The van der Waals surface area contributed by atoms with E-state index in [1.165, 1.54) is 0 Å². The predicted octanol–water partition coefficient (Wildman–Crippen LogP) is 4.08. The second kappa shape index (κ2) is 9.94. The first-order valence-corrected chi connectivity index (χ1v) is 9.03. The molecule has 2 N–H and O–H groups in total. The molecule has 2 heterocycles. The molecule has 1 aromatic carbocycles. The minimum absolute atomic E-state index is 0.0169. The third-order valence-electron chi connectivity index (χ3n) is 4.29. The number of nitrogens with zero attached hydrogens (tertiary/aromatic N) is 2. The monoisotopic (exact) mass is 413 g/mol. The molecule has 158 valence electrons. The van der Waals surface area contributed by atoms with Gasteiger partial charge in [0.15, 0.2) is 0 Å². The SMILES string of the molecule is CCCC1c2nc[nH]c2CCN1C(=O)OCc1ccccc1.O=C(O)C(F)(F)F. The maximum atomic E-state index is 12.5. The van der Waals surface area contributed by atoms with Crippen LogP contribution in [0.5, 0.6) is 0 Å². The molecular formula is C19H22F3N3O4. The van der Waals surface area contributed by atoms with E-state index >= 15 is 0 Å². The number of H-pyrrole nitrogens is 1. The standard InChI is InChI=1S/C17H21N3O2.C2HF3O2/c1-2-6-15-16-14(18-12-19-16)9-10-20(15)17(21)22-11-13-7-4-3-5-8-13;3-2(4,5)1(6)7/h3-5,7-8,12,15H,2,6,9-11H2,1H3,(H,18,19);(H,6,7). The van der Waals surface area contributed by atoms with E-state index in [9.17, 15) is 18.0 Å². The predicted molar refractivity (Wildman–Crippen MR) is 97.0 cm³/mol. The molecule has 0 aliphatic carbocycles. The Morgan fingerprint density at radius 1 is 1.31 bits per heavy atom. The number of carbonyl (C=O) groups excluding carboxylic acids is 1. The summed E-state index contributed by atoms with van der Waals surface area (Å²) in [5.41, 5.74) is 3.13. The van der Waals surface area contributed by atoms with Gasteiger partial charge in [0.05, 0.1) is 18.1 Å². The zero-order valence-corrected chi connectivity index (χ0v) is 15.8. The molecule has 2 aromatic rings. The smallest absolute Gasteiger partial charge is 0.475 e. The number of alkyl halides is 3. The molecule has 10 heteroatoms. The average molecular weight is 413 g/mol. The van der Waals surface area contributed by atoms with Gasteiger partial charge in [0.2, 0.25) is 0 Å². The summed E-state index contributed by atoms with van der Waals surface area (Å²) in [5, 5.41) is 7.12. The van der Waals surface area contributed by atoms with E-state index < -0.39 is 12.1 Å². The van der Waals surface area contributed by atoms with Crippen molar-refractivity contribution in [2.45, 2.75) is 45.0 Å². The van der Waals surface area contributed by atoms with Gasteiger partial charge in [-0.25, -0.2) is 14.6 Å². The number of halogens is 3. The fourth-order valence-corrected chi connectivity index (χ4v) is 2.94. The molecule has 1 amide bonds. The van der Waals surface area contributed by atoms with Crippen LogP contribution in [-0.2, 0) is 22.6 Å². The van der Waals surface area contributed by atoms with Crippen molar-refractivity contribution in [3.05, 3.63) is 53.6 Å². The number of hydrogen-bond acceptors (Lipinski definition) is 4. The molecule has 0 fully saturated rings. The fourth-order valence-electron chi connectivity index (χ4n) is 2.94. The number of carboxylic acids is 1. The Morgan fingerprint density at radius 2 is 1.97 bits per heavy atom. The van der Waals surface area contributed by atoms with Crippen LogP contribution in [0.25, 0.3) is 0 Å². The molecule has 0 bridgehead atoms. The molecule has 1 unspecified atom stereocenters. The lowest BCUT2D eigenvalue weighted by atomic mass is 9.99. The summed E-state index contributed by atoms with van der Waals surface area (Å²) >= 11 is 0. The van der Waals surface area contributed by atoms with Gasteiger partial charge in [-0.1, -0.05) is 43.7 Å². The second-order valence-corrected chi connectivity index (χ2v) is 6.36. The number of carbonyl (C=O) groups is 2. The Bertz CT molecular complexity index is 809. The number of ether oxygens (including phenoxy) is 1. The van der Waals surface area contributed by atoms with Gasteiger partial charge in [-0.15, -0.1) is 0 Å². The molecule has 1 aromatic heterocycles. The first kappa shape index (κ1) is 22.3. The molecule has 29 heavy (non-hydrogen) atoms. The van der Waals surface area contributed by atoms with E-state index in [-0.39, 0.29) is 12.1 Å². The molecule has 1 aliphatic rings. The quantitative estimate of drug-likeness (QED) is 0.788. The van der Waals surface area contributed by atoms with Crippen molar-refractivity contribution >= 4 is 12.1 Å². The molecule has 0 saturated carbocycles. The molecular weight excluding hydrogens is 391 g/mol. The first-order valence-electron chi connectivity index (χ1n) is 9.03. The van der Waals surface area contributed by atoms with Crippen LogP contribution in [0.3, 0.4) is 0 Å². The summed E-state index contributed by atoms with van der Waals surface area (Å²) < 4.78 is 37.2. The number of aromatic nitrogens is 2. The number of aromatic amines is 1. The van der Waals surface area contributed by atoms with Crippen molar-refractivity contribution in [1.29, 1.82) is 0 Å². The summed E-state index contributed by atoms with van der Waals surface area (Å²) in [5.74, 6) is -2.76. The third kappa shape index (κ3) is 6.23. The van der Waals surface area contributed by atoms with Crippen LogP contribution in [0.1, 0.15) is 42.8 Å². The molecule has 0 saturated heterocycles. The molecule has 7 nitrogen and oxygen atoms in total.